The summed E-state index contributed by atoms with van der Waals surface area (Å²) in [5, 5.41) is 5.30. The highest BCUT2D eigenvalue weighted by Crippen LogP contribution is 2.20. The Morgan fingerprint density at radius 2 is 1.96 bits per heavy atom. The normalized spacial score (nSPS) is 18.2. The van der Waals surface area contributed by atoms with Gasteiger partial charge < -0.3 is 15.4 Å². The number of hydrogen-bond donors (Lipinski definition) is 2. The van der Waals surface area contributed by atoms with E-state index in [4.69, 9.17) is 27.9 Å². The first kappa shape index (κ1) is 20.5. The predicted octanol–water partition coefficient (Wildman–Crippen LogP) is 0.570. The van der Waals surface area contributed by atoms with E-state index in [1.54, 1.807) is 0 Å². The summed E-state index contributed by atoms with van der Waals surface area (Å²) in [6.07, 6.45) is 0.333. The topological polar surface area (TPSA) is 119 Å². The van der Waals surface area contributed by atoms with Gasteiger partial charge in [-0.15, -0.1) is 0 Å². The number of hydrogen-bond acceptors (Lipinski definition) is 6. The van der Waals surface area contributed by atoms with E-state index in [-0.39, 0.29) is 22.1 Å². The largest absolute Gasteiger partial charge is 0.454 e. The van der Waals surface area contributed by atoms with Crippen molar-refractivity contribution in [3.63, 3.8) is 0 Å². The minimum atomic E-state index is -3.11. The zero-order valence-electron chi connectivity index (χ0n) is 13.5. The van der Waals surface area contributed by atoms with Crippen LogP contribution in [0.4, 0.5) is 0 Å². The fourth-order valence-corrected chi connectivity index (χ4v) is 4.46. The van der Waals surface area contributed by atoms with Crippen molar-refractivity contribution in [2.45, 2.75) is 12.5 Å². The number of esters is 1. The molecule has 2 amide bonds. The number of sulfone groups is 1. The predicted molar refractivity (Wildman–Crippen MR) is 95.0 cm³/mol. The molecule has 142 valence electrons. The minimum Gasteiger partial charge on any atom is -0.454 e. The van der Waals surface area contributed by atoms with Crippen molar-refractivity contribution >= 4 is 50.8 Å². The molecule has 2 N–H and O–H groups in total. The average Bonchev–Trinajstić information content (AvgIpc) is 2.89. The maximum atomic E-state index is 11.9. The molecule has 8 nitrogen and oxygen atoms in total. The Morgan fingerprint density at radius 1 is 1.23 bits per heavy atom. The number of halogens is 2. The van der Waals surface area contributed by atoms with E-state index in [1.165, 1.54) is 18.2 Å². The van der Waals surface area contributed by atoms with Gasteiger partial charge >= 0.3 is 5.97 Å². The molecule has 1 aliphatic rings. The van der Waals surface area contributed by atoms with E-state index in [0.29, 0.717) is 11.4 Å². The lowest BCUT2D eigenvalue weighted by molar-refractivity contribution is -0.147. The lowest BCUT2D eigenvalue weighted by atomic mass is 10.2. The Morgan fingerprint density at radius 3 is 2.58 bits per heavy atom. The molecule has 1 fully saturated rings. The zero-order chi connectivity index (χ0) is 19.3. The molecule has 1 atom stereocenters. The van der Waals surface area contributed by atoms with Crippen LogP contribution in [-0.2, 0) is 24.2 Å². The maximum Gasteiger partial charge on any atom is 0.325 e. The summed E-state index contributed by atoms with van der Waals surface area (Å²) in [5.41, 5.74) is 0.143. The molecule has 1 saturated heterocycles. The first-order valence-electron chi connectivity index (χ1n) is 7.55. The first-order chi connectivity index (χ1) is 12.2. The SMILES string of the molecule is O=C(COC(=O)CNC(=O)c1ccc(Cl)cc1Cl)NC1CCS(=O)(=O)C1. The fourth-order valence-electron chi connectivity index (χ4n) is 2.30. The molecule has 0 aliphatic carbocycles. The van der Waals surface area contributed by atoms with Gasteiger partial charge in [-0.3, -0.25) is 14.4 Å². The number of carbonyl (C=O) groups is 3. The van der Waals surface area contributed by atoms with Gasteiger partial charge in [0.15, 0.2) is 16.4 Å². The van der Waals surface area contributed by atoms with E-state index >= 15 is 0 Å². The Kier molecular flexibility index (Phi) is 6.85. The number of carbonyl (C=O) groups excluding carboxylic acids is 3. The molecule has 2 rings (SSSR count). The number of amides is 2. The second-order valence-electron chi connectivity index (χ2n) is 5.64. The Hall–Kier alpha value is -1.84. The summed E-state index contributed by atoms with van der Waals surface area (Å²) in [4.78, 5) is 35.2. The number of benzene rings is 1. The van der Waals surface area contributed by atoms with Crippen LogP contribution >= 0.6 is 23.2 Å². The van der Waals surface area contributed by atoms with E-state index in [1.807, 2.05) is 0 Å². The standard InChI is InChI=1S/C15H16Cl2N2O6S/c16-9-1-2-11(12(17)5-9)15(22)18-6-14(21)25-7-13(20)19-10-3-4-26(23,24)8-10/h1-2,5,10H,3-4,6-8H2,(H,18,22)(H,19,20). The van der Waals surface area contributed by atoms with E-state index in [9.17, 15) is 22.8 Å². The van der Waals surface area contributed by atoms with E-state index < -0.39 is 46.8 Å². The molecule has 1 aliphatic heterocycles. The molecule has 0 radical (unpaired) electrons. The van der Waals surface area contributed by atoms with Crippen molar-refractivity contribution in [2.24, 2.45) is 0 Å². The molecule has 26 heavy (non-hydrogen) atoms. The molecule has 0 spiro atoms. The zero-order valence-corrected chi connectivity index (χ0v) is 15.8. The van der Waals surface area contributed by atoms with Crippen molar-refractivity contribution in [1.82, 2.24) is 10.6 Å². The van der Waals surface area contributed by atoms with Crippen molar-refractivity contribution < 1.29 is 27.5 Å². The second-order valence-corrected chi connectivity index (χ2v) is 8.71. The summed E-state index contributed by atoms with van der Waals surface area (Å²) in [7, 11) is -3.11. The molecule has 1 unspecified atom stereocenters. The lowest BCUT2D eigenvalue weighted by Crippen LogP contribution is -2.39. The van der Waals surface area contributed by atoms with Crippen LogP contribution in [0.2, 0.25) is 10.0 Å². The van der Waals surface area contributed by atoms with Gasteiger partial charge in [-0.1, -0.05) is 23.2 Å². The van der Waals surface area contributed by atoms with Gasteiger partial charge in [-0.2, -0.15) is 0 Å². The summed E-state index contributed by atoms with van der Waals surface area (Å²) in [6, 6.07) is 3.81. The molecule has 0 aromatic heterocycles. The number of ether oxygens (including phenoxy) is 1. The van der Waals surface area contributed by atoms with Gasteiger partial charge in [-0.05, 0) is 24.6 Å². The second kappa shape index (κ2) is 8.70. The van der Waals surface area contributed by atoms with Gasteiger partial charge in [0, 0.05) is 11.1 Å². The quantitative estimate of drug-likeness (QED) is 0.646. The molecule has 0 bridgehead atoms. The van der Waals surface area contributed by atoms with E-state index in [0.717, 1.165) is 0 Å². The van der Waals surface area contributed by atoms with Crippen molar-refractivity contribution in [3.05, 3.63) is 33.8 Å². The smallest absolute Gasteiger partial charge is 0.325 e. The van der Waals surface area contributed by atoms with E-state index in [2.05, 4.69) is 10.6 Å². The maximum absolute atomic E-state index is 11.9. The van der Waals surface area contributed by atoms with Crippen LogP contribution in [0.5, 0.6) is 0 Å². The fraction of sp³-hybridized carbons (Fsp3) is 0.400. The van der Waals surface area contributed by atoms with Crippen LogP contribution in [-0.4, -0.2) is 56.9 Å². The first-order valence-corrected chi connectivity index (χ1v) is 10.1. The highest BCUT2D eigenvalue weighted by Gasteiger charge is 2.29. The van der Waals surface area contributed by atoms with Gasteiger partial charge in [0.25, 0.3) is 11.8 Å². The third kappa shape index (κ3) is 6.15. The lowest BCUT2D eigenvalue weighted by Gasteiger charge is -2.11. The molecule has 11 heteroatoms. The van der Waals surface area contributed by atoms with Crippen molar-refractivity contribution in [3.8, 4) is 0 Å². The van der Waals surface area contributed by atoms with Crippen molar-refractivity contribution in [1.29, 1.82) is 0 Å². The van der Waals surface area contributed by atoms with Crippen molar-refractivity contribution in [2.75, 3.05) is 24.7 Å². The Bertz CT molecular complexity index is 827. The third-order valence-electron chi connectivity index (χ3n) is 3.53. The van der Waals surface area contributed by atoms with Crippen LogP contribution < -0.4 is 10.6 Å². The van der Waals surface area contributed by atoms with Gasteiger partial charge in [-0.25, -0.2) is 8.42 Å². The monoisotopic (exact) mass is 422 g/mol. The molecule has 0 saturated carbocycles. The molecule has 1 aromatic carbocycles. The van der Waals surface area contributed by atoms with Gasteiger partial charge in [0.1, 0.15) is 6.54 Å². The summed E-state index contributed by atoms with van der Waals surface area (Å²) >= 11 is 11.6. The van der Waals surface area contributed by atoms with Crippen LogP contribution in [0.15, 0.2) is 18.2 Å². The molecule has 1 heterocycles. The summed E-state index contributed by atoms with van der Waals surface area (Å²) in [5.74, 6) is -2.11. The Balaban J connectivity index is 1.71. The summed E-state index contributed by atoms with van der Waals surface area (Å²) < 4.78 is 27.3. The average molecular weight is 423 g/mol. The molecular formula is C15H16Cl2N2O6S. The number of rotatable bonds is 6. The third-order valence-corrected chi connectivity index (χ3v) is 5.85. The highest BCUT2D eigenvalue weighted by atomic mass is 35.5. The minimum absolute atomic E-state index is 0.0248. The van der Waals surface area contributed by atoms with Crippen LogP contribution in [0.25, 0.3) is 0 Å². The molecular weight excluding hydrogens is 407 g/mol. The van der Waals surface area contributed by atoms with Gasteiger partial charge in [0.2, 0.25) is 0 Å². The molecule has 1 aromatic rings. The summed E-state index contributed by atoms with van der Waals surface area (Å²) in [6.45, 7) is -1.02. The Labute approximate surface area is 160 Å². The highest BCUT2D eigenvalue weighted by molar-refractivity contribution is 7.91. The van der Waals surface area contributed by atoms with Crippen LogP contribution in [0, 0.1) is 0 Å². The number of nitrogens with one attached hydrogen (secondary N) is 2. The van der Waals surface area contributed by atoms with Gasteiger partial charge in [0.05, 0.1) is 22.1 Å². The van der Waals surface area contributed by atoms with Crippen LogP contribution in [0.3, 0.4) is 0 Å². The van der Waals surface area contributed by atoms with Crippen LogP contribution in [0.1, 0.15) is 16.8 Å².